The molecule has 0 aliphatic carbocycles. The first-order valence-electron chi connectivity index (χ1n) is 8.57. The Morgan fingerprint density at radius 2 is 2.00 bits per heavy atom. The number of likely N-dealkylation sites (tertiary alicyclic amines) is 1. The number of ether oxygens (including phenoxy) is 1. The minimum absolute atomic E-state index is 0.0119. The molecule has 2 aliphatic heterocycles. The minimum atomic E-state index is -0.364. The van der Waals surface area contributed by atoms with E-state index in [-0.39, 0.29) is 29.7 Å². The van der Waals surface area contributed by atoms with Gasteiger partial charge in [0.05, 0.1) is 12.0 Å². The van der Waals surface area contributed by atoms with Crippen molar-refractivity contribution in [2.24, 2.45) is 5.92 Å². The van der Waals surface area contributed by atoms with Crippen molar-refractivity contribution in [2.75, 3.05) is 26.2 Å². The number of halogens is 1. The van der Waals surface area contributed by atoms with E-state index in [1.807, 2.05) is 0 Å². The summed E-state index contributed by atoms with van der Waals surface area (Å²) in [4.78, 5) is 26.5. The van der Waals surface area contributed by atoms with Crippen LogP contribution in [0.5, 0.6) is 0 Å². The molecule has 0 radical (unpaired) electrons. The van der Waals surface area contributed by atoms with Crippen LogP contribution in [0, 0.1) is 11.7 Å². The van der Waals surface area contributed by atoms with Crippen LogP contribution >= 0.6 is 0 Å². The van der Waals surface area contributed by atoms with Crippen LogP contribution in [-0.4, -0.2) is 49.1 Å². The summed E-state index contributed by atoms with van der Waals surface area (Å²) < 4.78 is 18.5. The first-order chi connectivity index (χ1) is 11.6. The lowest BCUT2D eigenvalue weighted by Crippen LogP contribution is -2.46. The molecule has 1 aromatic carbocycles. The quantitative estimate of drug-likeness (QED) is 0.916. The van der Waals surface area contributed by atoms with Gasteiger partial charge in [-0.3, -0.25) is 9.59 Å². The predicted molar refractivity (Wildman–Crippen MR) is 87.0 cm³/mol. The van der Waals surface area contributed by atoms with Crippen molar-refractivity contribution < 1.29 is 18.7 Å². The van der Waals surface area contributed by atoms with Crippen LogP contribution < -0.4 is 5.32 Å². The summed E-state index contributed by atoms with van der Waals surface area (Å²) in [6.45, 7) is 2.35. The second-order valence-electron chi connectivity index (χ2n) is 6.48. The largest absolute Gasteiger partial charge is 0.376 e. The number of amides is 2. The van der Waals surface area contributed by atoms with Crippen molar-refractivity contribution in [2.45, 2.75) is 31.8 Å². The average Bonchev–Trinajstić information content (AvgIpc) is 3.13. The van der Waals surface area contributed by atoms with E-state index in [9.17, 15) is 14.0 Å². The molecule has 2 fully saturated rings. The van der Waals surface area contributed by atoms with Crippen LogP contribution in [0.1, 0.15) is 36.0 Å². The fraction of sp³-hybridized carbons (Fsp3) is 0.556. The number of piperidine rings is 1. The normalized spacial score (nSPS) is 24.0. The maximum absolute atomic E-state index is 13.0. The second-order valence-corrected chi connectivity index (χ2v) is 6.48. The molecule has 1 aromatic rings. The van der Waals surface area contributed by atoms with E-state index in [0.717, 1.165) is 32.3 Å². The lowest BCUT2D eigenvalue weighted by atomic mass is 9.96. The highest BCUT2D eigenvalue weighted by Gasteiger charge is 2.29. The molecule has 0 spiro atoms. The minimum Gasteiger partial charge on any atom is -0.376 e. The lowest BCUT2D eigenvalue weighted by Gasteiger charge is -2.32. The molecule has 130 valence electrons. The molecular weight excluding hydrogens is 311 g/mol. The molecule has 0 bridgehead atoms. The number of nitrogens with zero attached hydrogens (tertiary/aromatic N) is 1. The number of hydrogen-bond acceptors (Lipinski definition) is 3. The maximum atomic E-state index is 13.0. The van der Waals surface area contributed by atoms with Gasteiger partial charge in [-0.15, -0.1) is 0 Å². The summed E-state index contributed by atoms with van der Waals surface area (Å²) in [6, 6.07) is 5.53. The molecular formula is C18H23FN2O3. The van der Waals surface area contributed by atoms with Crippen LogP contribution in [0.2, 0.25) is 0 Å². The Bertz CT molecular complexity index is 584. The molecule has 5 nitrogen and oxygen atoms in total. The van der Waals surface area contributed by atoms with Gasteiger partial charge < -0.3 is 15.0 Å². The molecule has 2 heterocycles. The Morgan fingerprint density at radius 1 is 1.21 bits per heavy atom. The third-order valence-electron chi connectivity index (χ3n) is 4.70. The summed E-state index contributed by atoms with van der Waals surface area (Å²) in [6.07, 6.45) is 3.73. The molecule has 0 aromatic heterocycles. The summed E-state index contributed by atoms with van der Waals surface area (Å²) in [5.74, 6) is -0.713. The van der Waals surface area contributed by atoms with Gasteiger partial charge in [0.1, 0.15) is 5.82 Å². The maximum Gasteiger partial charge on any atom is 0.253 e. The second kappa shape index (κ2) is 7.75. The van der Waals surface area contributed by atoms with Crippen molar-refractivity contribution in [3.8, 4) is 0 Å². The van der Waals surface area contributed by atoms with Crippen LogP contribution in [0.25, 0.3) is 0 Å². The van der Waals surface area contributed by atoms with Gasteiger partial charge in [-0.05, 0) is 49.9 Å². The van der Waals surface area contributed by atoms with Gasteiger partial charge in [-0.1, -0.05) is 0 Å². The Morgan fingerprint density at radius 3 is 2.71 bits per heavy atom. The number of benzene rings is 1. The molecule has 1 N–H and O–H groups in total. The fourth-order valence-electron chi connectivity index (χ4n) is 3.31. The highest BCUT2D eigenvalue weighted by molar-refractivity contribution is 5.94. The van der Waals surface area contributed by atoms with Crippen molar-refractivity contribution in [1.82, 2.24) is 10.2 Å². The molecule has 2 atom stereocenters. The van der Waals surface area contributed by atoms with Crippen molar-refractivity contribution in [3.05, 3.63) is 35.6 Å². The van der Waals surface area contributed by atoms with Gasteiger partial charge in [-0.2, -0.15) is 0 Å². The van der Waals surface area contributed by atoms with Gasteiger partial charge in [-0.25, -0.2) is 4.39 Å². The van der Waals surface area contributed by atoms with Crippen LogP contribution in [-0.2, 0) is 9.53 Å². The third-order valence-corrected chi connectivity index (χ3v) is 4.70. The van der Waals surface area contributed by atoms with Gasteiger partial charge in [0.15, 0.2) is 0 Å². The highest BCUT2D eigenvalue weighted by Crippen LogP contribution is 2.19. The average molecular weight is 334 g/mol. The number of rotatable bonds is 4. The summed E-state index contributed by atoms with van der Waals surface area (Å²) in [5, 5.41) is 2.95. The van der Waals surface area contributed by atoms with E-state index in [4.69, 9.17) is 4.74 Å². The van der Waals surface area contributed by atoms with E-state index in [0.29, 0.717) is 25.2 Å². The van der Waals surface area contributed by atoms with E-state index in [2.05, 4.69) is 5.32 Å². The van der Waals surface area contributed by atoms with Gasteiger partial charge in [0.25, 0.3) is 5.91 Å². The Labute approximate surface area is 141 Å². The fourth-order valence-corrected chi connectivity index (χ4v) is 3.31. The molecule has 0 unspecified atom stereocenters. The molecule has 0 saturated carbocycles. The Balaban J connectivity index is 1.54. The van der Waals surface area contributed by atoms with Gasteiger partial charge >= 0.3 is 0 Å². The summed E-state index contributed by atoms with van der Waals surface area (Å²) >= 11 is 0. The predicted octanol–water partition coefficient (Wildman–Crippen LogP) is 1.97. The molecule has 2 aliphatic rings. The van der Waals surface area contributed by atoms with E-state index < -0.39 is 0 Å². The number of nitrogens with one attached hydrogen (secondary N) is 1. The number of carbonyl (C=O) groups excluding carboxylic acids is 2. The molecule has 3 rings (SSSR count). The SMILES string of the molecule is O=C(NC[C@@H]1CCCO1)[C@H]1CCCN(C(=O)c2ccc(F)cc2)C1. The monoisotopic (exact) mass is 334 g/mol. The summed E-state index contributed by atoms with van der Waals surface area (Å²) in [5.41, 5.74) is 0.455. The summed E-state index contributed by atoms with van der Waals surface area (Å²) in [7, 11) is 0. The zero-order valence-electron chi connectivity index (χ0n) is 13.7. The topological polar surface area (TPSA) is 58.6 Å². The van der Waals surface area contributed by atoms with Gasteiger partial charge in [0, 0.05) is 31.8 Å². The number of carbonyl (C=O) groups is 2. The molecule has 24 heavy (non-hydrogen) atoms. The first kappa shape index (κ1) is 16.9. The molecule has 2 amide bonds. The van der Waals surface area contributed by atoms with Crippen molar-refractivity contribution in [3.63, 3.8) is 0 Å². The van der Waals surface area contributed by atoms with E-state index in [1.165, 1.54) is 24.3 Å². The zero-order chi connectivity index (χ0) is 16.9. The van der Waals surface area contributed by atoms with Crippen LogP contribution in [0.15, 0.2) is 24.3 Å². The molecule has 6 heteroatoms. The molecule has 2 saturated heterocycles. The Kier molecular flexibility index (Phi) is 5.45. The zero-order valence-corrected chi connectivity index (χ0v) is 13.7. The third kappa shape index (κ3) is 4.12. The standard InChI is InChI=1S/C18H23FN2O3/c19-15-7-5-13(6-8-15)18(23)21-9-1-3-14(12-21)17(22)20-11-16-4-2-10-24-16/h5-8,14,16H,1-4,9-12H2,(H,20,22)/t14-,16-/m0/s1. The Hall–Kier alpha value is -1.95. The van der Waals surface area contributed by atoms with Crippen molar-refractivity contribution in [1.29, 1.82) is 0 Å². The van der Waals surface area contributed by atoms with Crippen molar-refractivity contribution >= 4 is 11.8 Å². The highest BCUT2D eigenvalue weighted by atomic mass is 19.1. The number of hydrogen-bond donors (Lipinski definition) is 1. The van der Waals surface area contributed by atoms with E-state index >= 15 is 0 Å². The van der Waals surface area contributed by atoms with Crippen LogP contribution in [0.3, 0.4) is 0 Å². The smallest absolute Gasteiger partial charge is 0.253 e. The van der Waals surface area contributed by atoms with Gasteiger partial charge in [0.2, 0.25) is 5.91 Å². The first-order valence-corrected chi connectivity index (χ1v) is 8.57. The van der Waals surface area contributed by atoms with Crippen LogP contribution in [0.4, 0.5) is 4.39 Å². The van der Waals surface area contributed by atoms with E-state index in [1.54, 1.807) is 4.90 Å². The lowest BCUT2D eigenvalue weighted by molar-refractivity contribution is -0.126.